The van der Waals surface area contributed by atoms with E-state index in [1.54, 1.807) is 26.8 Å². The normalized spacial score (nSPS) is 11.5. The van der Waals surface area contributed by atoms with E-state index in [4.69, 9.17) is 19.0 Å². The summed E-state index contributed by atoms with van der Waals surface area (Å²) >= 11 is 0. The Morgan fingerprint density at radius 2 is 1.62 bits per heavy atom. The number of carbonyl (C=O) groups is 2. The first-order valence-corrected chi connectivity index (χ1v) is 8.05. The molecule has 2 N–H and O–H groups in total. The third-order valence-electron chi connectivity index (χ3n) is 2.31. The zero-order valence-electron chi connectivity index (χ0n) is 15.1. The first kappa shape index (κ1) is 22.4. The third kappa shape index (κ3) is 16.7. The lowest BCUT2D eigenvalue weighted by Gasteiger charge is -2.19. The van der Waals surface area contributed by atoms with E-state index < -0.39 is 11.7 Å². The van der Waals surface area contributed by atoms with E-state index in [1.165, 1.54) is 6.08 Å². The predicted molar refractivity (Wildman–Crippen MR) is 89.4 cm³/mol. The quantitative estimate of drug-likeness (QED) is 0.316. The zero-order chi connectivity index (χ0) is 18.3. The van der Waals surface area contributed by atoms with Gasteiger partial charge in [-0.15, -0.1) is 0 Å². The fraction of sp³-hybridized carbons (Fsp3) is 0.750. The molecule has 0 rings (SSSR count). The third-order valence-corrected chi connectivity index (χ3v) is 2.31. The van der Waals surface area contributed by atoms with Gasteiger partial charge in [0, 0.05) is 6.54 Å². The van der Waals surface area contributed by atoms with Crippen LogP contribution in [-0.4, -0.2) is 57.2 Å². The number of rotatable bonds is 12. The van der Waals surface area contributed by atoms with Gasteiger partial charge in [-0.25, -0.2) is 4.79 Å². The SMILES string of the molecule is CC/C=C/C(=O)NCCOCCOCCONC(=O)OC(C)(C)C. The van der Waals surface area contributed by atoms with Crippen LogP contribution in [0.1, 0.15) is 34.1 Å². The maximum Gasteiger partial charge on any atom is 0.431 e. The van der Waals surface area contributed by atoms with Crippen molar-refractivity contribution in [3.05, 3.63) is 12.2 Å². The molecule has 0 saturated carbocycles. The zero-order valence-corrected chi connectivity index (χ0v) is 15.1. The lowest BCUT2D eigenvalue weighted by Crippen LogP contribution is -2.33. The second-order valence-electron chi connectivity index (χ2n) is 5.78. The van der Waals surface area contributed by atoms with Crippen LogP contribution in [0.3, 0.4) is 0 Å². The summed E-state index contributed by atoms with van der Waals surface area (Å²) in [6.45, 7) is 9.48. The van der Waals surface area contributed by atoms with E-state index in [-0.39, 0.29) is 12.5 Å². The summed E-state index contributed by atoms with van der Waals surface area (Å²) in [7, 11) is 0. The molecule has 8 nitrogen and oxygen atoms in total. The van der Waals surface area contributed by atoms with Crippen LogP contribution in [0.5, 0.6) is 0 Å². The smallest absolute Gasteiger partial charge is 0.431 e. The molecule has 0 radical (unpaired) electrons. The minimum absolute atomic E-state index is 0.119. The van der Waals surface area contributed by atoms with Crippen molar-refractivity contribution in [3.8, 4) is 0 Å². The van der Waals surface area contributed by atoms with E-state index in [2.05, 4.69) is 10.8 Å². The number of nitrogens with one attached hydrogen (secondary N) is 2. The molecule has 0 bridgehead atoms. The first-order valence-electron chi connectivity index (χ1n) is 8.05. The highest BCUT2D eigenvalue weighted by molar-refractivity contribution is 5.87. The van der Waals surface area contributed by atoms with Crippen molar-refractivity contribution in [1.29, 1.82) is 0 Å². The molecule has 0 heterocycles. The van der Waals surface area contributed by atoms with E-state index in [0.29, 0.717) is 33.0 Å². The summed E-state index contributed by atoms with van der Waals surface area (Å²) in [6, 6.07) is 0. The first-order chi connectivity index (χ1) is 11.3. The molecule has 0 aromatic heterocycles. The van der Waals surface area contributed by atoms with Crippen LogP contribution in [0.15, 0.2) is 12.2 Å². The summed E-state index contributed by atoms with van der Waals surface area (Å²) in [6.07, 6.45) is 3.50. The Labute approximate surface area is 143 Å². The molecule has 0 saturated heterocycles. The average molecular weight is 346 g/mol. The topological polar surface area (TPSA) is 95.1 Å². The molecule has 0 aliphatic heterocycles. The van der Waals surface area contributed by atoms with Gasteiger partial charge in [-0.1, -0.05) is 13.0 Å². The van der Waals surface area contributed by atoms with Gasteiger partial charge < -0.3 is 19.5 Å². The van der Waals surface area contributed by atoms with Crippen molar-refractivity contribution in [3.63, 3.8) is 0 Å². The molecule has 140 valence electrons. The molecular formula is C16H30N2O6. The van der Waals surface area contributed by atoms with E-state index in [1.807, 2.05) is 6.92 Å². The Kier molecular flexibility index (Phi) is 12.8. The minimum atomic E-state index is -0.637. The van der Waals surface area contributed by atoms with Crippen molar-refractivity contribution >= 4 is 12.0 Å². The van der Waals surface area contributed by atoms with Crippen LogP contribution in [0.4, 0.5) is 4.79 Å². The standard InChI is InChI=1S/C16H30N2O6/c1-5-6-7-14(19)17-8-9-21-10-11-22-12-13-23-18-15(20)24-16(2,3)4/h6-7H,5,8-13H2,1-4H3,(H,17,19)(H,18,20)/b7-6+. The van der Waals surface area contributed by atoms with Crippen LogP contribution in [-0.2, 0) is 23.8 Å². The molecule has 0 unspecified atom stereocenters. The van der Waals surface area contributed by atoms with Gasteiger partial charge in [-0.05, 0) is 33.3 Å². The Hall–Kier alpha value is -1.64. The number of allylic oxidation sites excluding steroid dienone is 1. The summed E-state index contributed by atoms with van der Waals surface area (Å²) < 4.78 is 15.5. The Balaban J connectivity index is 3.30. The predicted octanol–water partition coefficient (Wildman–Crippen LogP) is 1.56. The van der Waals surface area contributed by atoms with Gasteiger partial charge in [-0.2, -0.15) is 5.48 Å². The van der Waals surface area contributed by atoms with Crippen LogP contribution in [0, 0.1) is 0 Å². The monoisotopic (exact) mass is 346 g/mol. The second kappa shape index (κ2) is 13.8. The highest BCUT2D eigenvalue weighted by Gasteiger charge is 2.15. The van der Waals surface area contributed by atoms with Gasteiger partial charge in [0.1, 0.15) is 5.60 Å². The second-order valence-corrected chi connectivity index (χ2v) is 5.78. The number of hydroxylamine groups is 1. The Morgan fingerprint density at radius 1 is 1.00 bits per heavy atom. The van der Waals surface area contributed by atoms with Crippen molar-refractivity contribution in [2.24, 2.45) is 0 Å². The molecule has 0 aromatic rings. The summed E-state index contributed by atoms with van der Waals surface area (Å²) in [5.74, 6) is -0.119. The molecule has 24 heavy (non-hydrogen) atoms. The lowest BCUT2D eigenvalue weighted by atomic mass is 10.2. The van der Waals surface area contributed by atoms with Crippen molar-refractivity contribution < 1.29 is 28.6 Å². The molecule has 0 spiro atoms. The number of hydrogen-bond acceptors (Lipinski definition) is 6. The lowest BCUT2D eigenvalue weighted by molar-refractivity contribution is -0.116. The van der Waals surface area contributed by atoms with Crippen molar-refractivity contribution in [2.45, 2.75) is 39.7 Å². The van der Waals surface area contributed by atoms with Gasteiger partial charge >= 0.3 is 6.09 Å². The Bertz CT molecular complexity index is 379. The fourth-order valence-corrected chi connectivity index (χ4v) is 1.36. The molecular weight excluding hydrogens is 316 g/mol. The number of ether oxygens (including phenoxy) is 3. The van der Waals surface area contributed by atoms with Gasteiger partial charge in [-0.3, -0.25) is 9.63 Å². The molecule has 2 amide bonds. The van der Waals surface area contributed by atoms with Crippen LogP contribution < -0.4 is 10.8 Å². The van der Waals surface area contributed by atoms with Gasteiger partial charge in [0.25, 0.3) is 0 Å². The molecule has 0 atom stereocenters. The van der Waals surface area contributed by atoms with Crippen molar-refractivity contribution in [2.75, 3.05) is 39.6 Å². The van der Waals surface area contributed by atoms with E-state index >= 15 is 0 Å². The molecule has 0 fully saturated rings. The molecule has 0 aliphatic rings. The fourth-order valence-electron chi connectivity index (χ4n) is 1.36. The van der Waals surface area contributed by atoms with Crippen LogP contribution in [0.2, 0.25) is 0 Å². The van der Waals surface area contributed by atoms with E-state index in [0.717, 1.165) is 6.42 Å². The largest absolute Gasteiger partial charge is 0.442 e. The Morgan fingerprint density at radius 3 is 2.25 bits per heavy atom. The highest BCUT2D eigenvalue weighted by Crippen LogP contribution is 2.06. The highest BCUT2D eigenvalue weighted by atomic mass is 16.7. The maximum absolute atomic E-state index is 11.2. The number of hydrogen-bond donors (Lipinski definition) is 2. The maximum atomic E-state index is 11.2. The molecule has 8 heteroatoms. The van der Waals surface area contributed by atoms with Crippen molar-refractivity contribution in [1.82, 2.24) is 10.8 Å². The molecule has 0 aromatic carbocycles. The number of amides is 2. The van der Waals surface area contributed by atoms with Gasteiger partial charge in [0.15, 0.2) is 0 Å². The minimum Gasteiger partial charge on any atom is -0.442 e. The average Bonchev–Trinajstić information content (AvgIpc) is 2.48. The van der Waals surface area contributed by atoms with Crippen LogP contribution >= 0.6 is 0 Å². The van der Waals surface area contributed by atoms with Crippen LogP contribution in [0.25, 0.3) is 0 Å². The molecule has 0 aliphatic carbocycles. The van der Waals surface area contributed by atoms with Gasteiger partial charge in [0.05, 0.1) is 33.0 Å². The van der Waals surface area contributed by atoms with Gasteiger partial charge in [0.2, 0.25) is 5.91 Å². The van der Waals surface area contributed by atoms with E-state index in [9.17, 15) is 9.59 Å². The number of carbonyl (C=O) groups excluding carboxylic acids is 2. The summed E-state index contributed by atoms with van der Waals surface area (Å²) in [5, 5.41) is 2.70. The summed E-state index contributed by atoms with van der Waals surface area (Å²) in [5.41, 5.74) is 1.60. The summed E-state index contributed by atoms with van der Waals surface area (Å²) in [4.78, 5) is 27.4.